The van der Waals surface area contributed by atoms with Crippen molar-refractivity contribution >= 4 is 0 Å². The second-order valence-electron chi connectivity index (χ2n) is 9.04. The highest BCUT2D eigenvalue weighted by Crippen LogP contribution is 2.26. The molecule has 0 radical (unpaired) electrons. The Morgan fingerprint density at radius 2 is 1.51 bits per heavy atom. The van der Waals surface area contributed by atoms with E-state index in [4.69, 9.17) is 58.3 Å². The second-order valence-corrected chi connectivity index (χ2v) is 9.04. The van der Waals surface area contributed by atoms with Crippen LogP contribution in [-0.4, -0.2) is 134 Å². The topological polar surface area (TPSA) is 175 Å². The van der Waals surface area contributed by atoms with E-state index in [0.29, 0.717) is 39.1 Å². The Kier molecular flexibility index (Phi) is 13.2. The Bertz CT molecular complexity index is 570. The molecular formula is C22H42O13. The lowest BCUT2D eigenvalue weighted by Gasteiger charge is -2.29. The number of rotatable bonds is 6. The Morgan fingerprint density at radius 3 is 1.97 bits per heavy atom. The molecule has 4 fully saturated rings. The van der Waals surface area contributed by atoms with Crippen molar-refractivity contribution in [3.8, 4) is 0 Å². The smallest absolute Gasteiger partial charge is 0.163 e. The summed E-state index contributed by atoms with van der Waals surface area (Å²) in [5.41, 5.74) is 0. The predicted octanol–water partition coefficient (Wildman–Crippen LogP) is -1.54. The predicted molar refractivity (Wildman–Crippen MR) is 118 cm³/mol. The van der Waals surface area contributed by atoms with Gasteiger partial charge >= 0.3 is 0 Å². The molecule has 5 N–H and O–H groups in total. The van der Waals surface area contributed by atoms with Crippen LogP contribution in [0.25, 0.3) is 0 Å². The fraction of sp³-hybridized carbons (Fsp3) is 1.00. The van der Waals surface area contributed by atoms with E-state index in [1.165, 1.54) is 14.2 Å². The summed E-state index contributed by atoms with van der Waals surface area (Å²) >= 11 is 0. The molecule has 4 aliphatic rings. The van der Waals surface area contributed by atoms with Gasteiger partial charge in [0.15, 0.2) is 24.7 Å². The molecular weight excluding hydrogens is 472 g/mol. The summed E-state index contributed by atoms with van der Waals surface area (Å²) in [6.07, 6.45) is -3.20. The van der Waals surface area contributed by atoms with Crippen LogP contribution in [0.5, 0.6) is 0 Å². The SMILES string of the molecule is CC1(C)OC[C@@H](C(O)CC2OCCO2)O1.COC1CC(O)C(O)CO1.COC1CC(O)[C@H](CO)O1. The Balaban J connectivity index is 0.000000192. The summed E-state index contributed by atoms with van der Waals surface area (Å²) < 4.78 is 41.1. The number of methoxy groups -OCH3 is 2. The average Bonchev–Trinajstić information content (AvgIpc) is 3.56. The Morgan fingerprint density at radius 1 is 0.886 bits per heavy atom. The normalized spacial score (nSPS) is 37.8. The van der Waals surface area contributed by atoms with Crippen LogP contribution in [0.15, 0.2) is 0 Å². The highest BCUT2D eigenvalue weighted by Gasteiger charge is 2.38. The zero-order valence-corrected chi connectivity index (χ0v) is 20.9. The minimum atomic E-state index is -0.758. The van der Waals surface area contributed by atoms with Gasteiger partial charge in [0.05, 0.1) is 51.3 Å². The molecule has 4 heterocycles. The number of ether oxygens (including phenoxy) is 8. The molecule has 35 heavy (non-hydrogen) atoms. The summed E-state index contributed by atoms with van der Waals surface area (Å²) in [5.74, 6) is -0.594. The van der Waals surface area contributed by atoms with E-state index >= 15 is 0 Å². The molecule has 0 aromatic heterocycles. The monoisotopic (exact) mass is 514 g/mol. The van der Waals surface area contributed by atoms with Gasteiger partial charge in [0.25, 0.3) is 0 Å². The van der Waals surface area contributed by atoms with Crippen molar-refractivity contribution < 1.29 is 63.4 Å². The van der Waals surface area contributed by atoms with Crippen LogP contribution < -0.4 is 0 Å². The van der Waals surface area contributed by atoms with Gasteiger partial charge < -0.3 is 63.4 Å². The second kappa shape index (κ2) is 15.0. The van der Waals surface area contributed by atoms with Crippen LogP contribution in [0.4, 0.5) is 0 Å². The van der Waals surface area contributed by atoms with Gasteiger partial charge in [-0.3, -0.25) is 0 Å². The van der Waals surface area contributed by atoms with Crippen LogP contribution in [-0.2, 0) is 37.9 Å². The zero-order chi connectivity index (χ0) is 26.0. The molecule has 0 aliphatic carbocycles. The highest BCUT2D eigenvalue weighted by molar-refractivity contribution is 4.79. The minimum Gasteiger partial charge on any atom is -0.394 e. The van der Waals surface area contributed by atoms with Gasteiger partial charge in [0.1, 0.15) is 18.3 Å². The molecule has 0 saturated carbocycles. The maximum atomic E-state index is 9.88. The standard InChI is InChI=1S/C10H18O5.2C6H12O4/c1-10(2)14-6-8(15-10)7(11)5-9-12-3-4-13-9;1-9-6-2-4(7)5(8)3-10-6;1-9-6-2-4(8)5(3-7)10-6/h7-9,11H,3-6H2,1-2H3;2*4-8H,2-3H2,1H3/t7?,8-;;4?,5-,6?/m0.0/s1. The lowest BCUT2D eigenvalue weighted by atomic mass is 10.1. The number of aliphatic hydroxyl groups is 5. The molecule has 8 atom stereocenters. The van der Waals surface area contributed by atoms with Gasteiger partial charge in [0.2, 0.25) is 0 Å². The summed E-state index contributed by atoms with van der Waals surface area (Å²) in [6.45, 7) is 5.29. The van der Waals surface area contributed by atoms with E-state index in [1.54, 1.807) is 0 Å². The third-order valence-corrected chi connectivity index (χ3v) is 5.81. The molecule has 0 spiro atoms. The third-order valence-electron chi connectivity index (χ3n) is 5.81. The van der Waals surface area contributed by atoms with Crippen molar-refractivity contribution in [3.05, 3.63) is 0 Å². The molecule has 0 bridgehead atoms. The number of hydrogen-bond acceptors (Lipinski definition) is 13. The van der Waals surface area contributed by atoms with Crippen LogP contribution >= 0.6 is 0 Å². The quantitative estimate of drug-likeness (QED) is 0.276. The molecule has 0 amide bonds. The molecule has 13 heteroatoms. The Hall–Kier alpha value is -0.520. The molecule has 6 unspecified atom stereocenters. The van der Waals surface area contributed by atoms with Gasteiger partial charge in [-0.05, 0) is 13.8 Å². The van der Waals surface area contributed by atoms with Crippen molar-refractivity contribution in [1.29, 1.82) is 0 Å². The van der Waals surface area contributed by atoms with E-state index in [9.17, 15) is 5.11 Å². The molecule has 208 valence electrons. The number of aliphatic hydroxyl groups excluding tert-OH is 5. The molecule has 4 saturated heterocycles. The zero-order valence-electron chi connectivity index (χ0n) is 20.9. The van der Waals surface area contributed by atoms with Crippen molar-refractivity contribution in [3.63, 3.8) is 0 Å². The van der Waals surface area contributed by atoms with Crippen LogP contribution in [0.2, 0.25) is 0 Å². The summed E-state index contributed by atoms with van der Waals surface area (Å²) in [6, 6.07) is 0. The van der Waals surface area contributed by atoms with Crippen molar-refractivity contribution in [2.24, 2.45) is 0 Å². The van der Waals surface area contributed by atoms with Crippen LogP contribution in [0, 0.1) is 0 Å². The molecule has 13 nitrogen and oxygen atoms in total. The first-order valence-electron chi connectivity index (χ1n) is 11.8. The fourth-order valence-corrected chi connectivity index (χ4v) is 3.71. The van der Waals surface area contributed by atoms with E-state index in [0.717, 1.165) is 0 Å². The van der Waals surface area contributed by atoms with Crippen molar-refractivity contribution in [2.75, 3.05) is 47.3 Å². The van der Waals surface area contributed by atoms with Gasteiger partial charge in [-0.1, -0.05) is 0 Å². The van der Waals surface area contributed by atoms with Crippen LogP contribution in [0.3, 0.4) is 0 Å². The van der Waals surface area contributed by atoms with Crippen molar-refractivity contribution in [2.45, 2.75) is 94.4 Å². The first kappa shape index (κ1) is 30.7. The molecule has 0 aromatic carbocycles. The average molecular weight is 515 g/mol. The van der Waals surface area contributed by atoms with Gasteiger partial charge in [0, 0.05) is 33.5 Å². The lowest BCUT2D eigenvalue weighted by molar-refractivity contribution is -0.206. The van der Waals surface area contributed by atoms with Gasteiger partial charge in [-0.25, -0.2) is 0 Å². The van der Waals surface area contributed by atoms with Gasteiger partial charge in [-0.15, -0.1) is 0 Å². The van der Waals surface area contributed by atoms with E-state index < -0.39 is 36.3 Å². The minimum absolute atomic E-state index is 0.152. The van der Waals surface area contributed by atoms with E-state index in [-0.39, 0.29) is 38.2 Å². The van der Waals surface area contributed by atoms with Crippen molar-refractivity contribution in [1.82, 2.24) is 0 Å². The number of hydrogen-bond donors (Lipinski definition) is 5. The molecule has 4 rings (SSSR count). The summed E-state index contributed by atoms with van der Waals surface area (Å²) in [5, 5.41) is 45.6. The fourth-order valence-electron chi connectivity index (χ4n) is 3.71. The molecule has 0 aromatic rings. The summed E-state index contributed by atoms with van der Waals surface area (Å²) in [4.78, 5) is 0. The first-order valence-corrected chi connectivity index (χ1v) is 11.8. The lowest BCUT2D eigenvalue weighted by Crippen LogP contribution is -2.41. The molecule has 4 aliphatic heterocycles. The largest absolute Gasteiger partial charge is 0.394 e. The highest BCUT2D eigenvalue weighted by atomic mass is 16.7. The van der Waals surface area contributed by atoms with E-state index in [1.807, 2.05) is 13.8 Å². The maximum Gasteiger partial charge on any atom is 0.163 e. The third kappa shape index (κ3) is 10.4. The van der Waals surface area contributed by atoms with Crippen LogP contribution in [0.1, 0.15) is 33.1 Å². The maximum absolute atomic E-state index is 9.88. The first-order chi connectivity index (χ1) is 16.6. The van der Waals surface area contributed by atoms with Gasteiger partial charge in [-0.2, -0.15) is 0 Å². The summed E-state index contributed by atoms with van der Waals surface area (Å²) in [7, 11) is 3.02. The van der Waals surface area contributed by atoms with E-state index in [2.05, 4.69) is 0 Å². The Labute approximate surface area is 205 Å².